The molecule has 6 nitrogen and oxygen atoms in total. The molecule has 0 spiro atoms. The fourth-order valence-corrected chi connectivity index (χ4v) is 3.34. The molecule has 2 aromatic heterocycles. The normalized spacial score (nSPS) is 17.2. The highest BCUT2D eigenvalue weighted by Gasteiger charge is 2.26. The molecule has 1 aliphatic heterocycles. The van der Waals surface area contributed by atoms with Gasteiger partial charge in [0.2, 0.25) is 0 Å². The summed E-state index contributed by atoms with van der Waals surface area (Å²) in [6.07, 6.45) is 4.46. The maximum Gasteiger partial charge on any atom is 0.343 e. The lowest BCUT2D eigenvalue weighted by Gasteiger charge is -2.18. The number of para-hydroxylation sites is 1. The smallest absolute Gasteiger partial charge is 0.343 e. The molecule has 1 aromatic carbocycles. The number of esters is 1. The van der Waals surface area contributed by atoms with Gasteiger partial charge in [0.15, 0.2) is 5.65 Å². The Morgan fingerprint density at radius 1 is 1.28 bits per heavy atom. The van der Waals surface area contributed by atoms with Crippen LogP contribution < -0.4 is 4.90 Å². The maximum atomic E-state index is 12.5. The van der Waals surface area contributed by atoms with Gasteiger partial charge in [-0.25, -0.2) is 14.3 Å². The van der Waals surface area contributed by atoms with Crippen molar-refractivity contribution in [2.24, 2.45) is 5.92 Å². The second-order valence-corrected chi connectivity index (χ2v) is 6.38. The van der Waals surface area contributed by atoms with E-state index in [2.05, 4.69) is 27.1 Å². The molecule has 1 aliphatic rings. The van der Waals surface area contributed by atoms with Crippen molar-refractivity contribution < 1.29 is 9.53 Å². The molecule has 0 unspecified atom stereocenters. The monoisotopic (exact) mass is 336 g/mol. The molecule has 25 heavy (non-hydrogen) atoms. The standard InChI is InChI=1S/C19H20N4O2/c1-14-17(18-20-9-5-10-23(18)21-14)19(24)25-13-15-8-11-22(12-15)16-6-3-2-4-7-16/h2-7,9-10,15H,8,11-13H2,1H3/t15-/m0/s1. The van der Waals surface area contributed by atoms with Crippen LogP contribution in [0.15, 0.2) is 48.8 Å². The first-order chi connectivity index (χ1) is 12.2. The summed E-state index contributed by atoms with van der Waals surface area (Å²) in [6, 6.07) is 12.1. The van der Waals surface area contributed by atoms with Crippen LogP contribution in [-0.2, 0) is 4.74 Å². The number of aryl methyl sites for hydroxylation is 1. The van der Waals surface area contributed by atoms with Crippen molar-refractivity contribution >= 4 is 17.3 Å². The predicted molar refractivity (Wildman–Crippen MR) is 94.8 cm³/mol. The third-order valence-electron chi connectivity index (χ3n) is 4.63. The number of ether oxygens (including phenoxy) is 1. The van der Waals surface area contributed by atoms with Crippen molar-refractivity contribution in [1.29, 1.82) is 0 Å². The van der Waals surface area contributed by atoms with Crippen LogP contribution >= 0.6 is 0 Å². The van der Waals surface area contributed by atoms with Crippen LogP contribution in [0.2, 0.25) is 0 Å². The van der Waals surface area contributed by atoms with Gasteiger partial charge in [-0.3, -0.25) is 0 Å². The lowest BCUT2D eigenvalue weighted by molar-refractivity contribution is 0.0452. The van der Waals surface area contributed by atoms with E-state index in [9.17, 15) is 4.79 Å². The minimum absolute atomic E-state index is 0.343. The number of fused-ring (bicyclic) bond motifs is 1. The van der Waals surface area contributed by atoms with Crippen molar-refractivity contribution in [2.75, 3.05) is 24.6 Å². The quantitative estimate of drug-likeness (QED) is 0.686. The molecular weight excluding hydrogens is 316 g/mol. The average Bonchev–Trinajstić information content (AvgIpc) is 3.24. The van der Waals surface area contributed by atoms with Crippen LogP contribution in [0.5, 0.6) is 0 Å². The number of hydrogen-bond acceptors (Lipinski definition) is 5. The topological polar surface area (TPSA) is 59.7 Å². The van der Waals surface area contributed by atoms with E-state index >= 15 is 0 Å². The summed E-state index contributed by atoms with van der Waals surface area (Å²) >= 11 is 0. The zero-order chi connectivity index (χ0) is 17.2. The molecule has 3 aromatic rings. The number of anilines is 1. The van der Waals surface area contributed by atoms with Gasteiger partial charge in [-0.05, 0) is 31.5 Å². The van der Waals surface area contributed by atoms with Crippen LogP contribution in [0.1, 0.15) is 22.5 Å². The molecule has 3 heterocycles. The number of hydrogen-bond donors (Lipinski definition) is 0. The number of aromatic nitrogens is 3. The minimum atomic E-state index is -0.343. The average molecular weight is 336 g/mol. The summed E-state index contributed by atoms with van der Waals surface area (Å²) in [4.78, 5) is 19.1. The van der Waals surface area contributed by atoms with Gasteiger partial charge in [-0.15, -0.1) is 0 Å². The highest BCUT2D eigenvalue weighted by Crippen LogP contribution is 2.24. The summed E-state index contributed by atoms with van der Waals surface area (Å²) in [5, 5.41) is 4.31. The van der Waals surface area contributed by atoms with E-state index in [-0.39, 0.29) is 5.97 Å². The molecule has 0 amide bonds. The second kappa shape index (κ2) is 6.55. The summed E-state index contributed by atoms with van der Waals surface area (Å²) < 4.78 is 7.19. The summed E-state index contributed by atoms with van der Waals surface area (Å²) in [5.74, 6) is 0.00335. The number of carbonyl (C=O) groups is 1. The van der Waals surface area contributed by atoms with Crippen molar-refractivity contribution in [3.05, 3.63) is 60.0 Å². The van der Waals surface area contributed by atoms with Crippen molar-refractivity contribution in [1.82, 2.24) is 14.6 Å². The number of carbonyl (C=O) groups excluding carboxylic acids is 1. The van der Waals surface area contributed by atoms with Gasteiger partial charge in [0, 0.05) is 37.1 Å². The van der Waals surface area contributed by atoms with Crippen LogP contribution in [0, 0.1) is 12.8 Å². The van der Waals surface area contributed by atoms with Crippen LogP contribution in [0.4, 0.5) is 5.69 Å². The number of nitrogens with zero attached hydrogens (tertiary/aromatic N) is 4. The van der Waals surface area contributed by atoms with Gasteiger partial charge in [-0.1, -0.05) is 18.2 Å². The minimum Gasteiger partial charge on any atom is -0.462 e. The van der Waals surface area contributed by atoms with E-state index in [0.717, 1.165) is 19.5 Å². The molecular formula is C19H20N4O2. The van der Waals surface area contributed by atoms with Crippen LogP contribution in [0.25, 0.3) is 5.65 Å². The Balaban J connectivity index is 1.40. The fourth-order valence-electron chi connectivity index (χ4n) is 3.34. The van der Waals surface area contributed by atoms with E-state index in [0.29, 0.717) is 29.4 Å². The van der Waals surface area contributed by atoms with Gasteiger partial charge in [0.1, 0.15) is 5.56 Å². The number of rotatable bonds is 4. The van der Waals surface area contributed by atoms with Gasteiger partial charge in [0.25, 0.3) is 0 Å². The van der Waals surface area contributed by atoms with E-state index in [1.54, 1.807) is 29.9 Å². The summed E-state index contributed by atoms with van der Waals surface area (Å²) in [5.41, 5.74) is 2.86. The Labute approximate surface area is 146 Å². The third kappa shape index (κ3) is 3.07. The largest absolute Gasteiger partial charge is 0.462 e. The molecule has 0 N–H and O–H groups in total. The Bertz CT molecular complexity index is 891. The van der Waals surface area contributed by atoms with E-state index in [1.165, 1.54) is 5.69 Å². The van der Waals surface area contributed by atoms with E-state index in [1.807, 2.05) is 18.2 Å². The lowest BCUT2D eigenvalue weighted by atomic mass is 10.1. The first-order valence-electron chi connectivity index (χ1n) is 8.49. The summed E-state index contributed by atoms with van der Waals surface area (Å²) in [6.45, 7) is 4.12. The van der Waals surface area contributed by atoms with Crippen molar-refractivity contribution in [3.63, 3.8) is 0 Å². The zero-order valence-electron chi connectivity index (χ0n) is 14.1. The predicted octanol–water partition coefficient (Wildman–Crippen LogP) is 2.72. The first-order valence-corrected chi connectivity index (χ1v) is 8.49. The molecule has 1 fully saturated rings. The molecule has 0 aliphatic carbocycles. The lowest BCUT2D eigenvalue weighted by Crippen LogP contribution is -2.22. The van der Waals surface area contributed by atoms with Gasteiger partial charge >= 0.3 is 5.97 Å². The highest BCUT2D eigenvalue weighted by atomic mass is 16.5. The molecule has 6 heteroatoms. The maximum absolute atomic E-state index is 12.5. The molecule has 1 atom stereocenters. The molecule has 4 rings (SSSR count). The van der Waals surface area contributed by atoms with Crippen LogP contribution in [-0.4, -0.2) is 40.3 Å². The molecule has 1 saturated heterocycles. The van der Waals surface area contributed by atoms with E-state index < -0.39 is 0 Å². The second-order valence-electron chi connectivity index (χ2n) is 6.38. The molecule has 0 saturated carbocycles. The SMILES string of the molecule is Cc1nn2cccnc2c1C(=O)OC[C@H]1CCN(c2ccccc2)C1. The van der Waals surface area contributed by atoms with E-state index in [4.69, 9.17) is 4.74 Å². The third-order valence-corrected chi connectivity index (χ3v) is 4.63. The Hall–Kier alpha value is -2.89. The first kappa shape index (κ1) is 15.6. The zero-order valence-corrected chi connectivity index (χ0v) is 14.1. The Kier molecular flexibility index (Phi) is 4.09. The molecule has 0 radical (unpaired) electrons. The number of benzene rings is 1. The Morgan fingerprint density at radius 2 is 2.12 bits per heavy atom. The van der Waals surface area contributed by atoms with Crippen molar-refractivity contribution in [2.45, 2.75) is 13.3 Å². The molecule has 0 bridgehead atoms. The van der Waals surface area contributed by atoms with Gasteiger partial charge < -0.3 is 9.64 Å². The fraction of sp³-hybridized carbons (Fsp3) is 0.316. The van der Waals surface area contributed by atoms with Gasteiger partial charge in [0.05, 0.1) is 12.3 Å². The molecule has 128 valence electrons. The van der Waals surface area contributed by atoms with Crippen molar-refractivity contribution in [3.8, 4) is 0 Å². The van der Waals surface area contributed by atoms with Gasteiger partial charge in [-0.2, -0.15) is 5.10 Å². The summed E-state index contributed by atoms with van der Waals surface area (Å²) in [7, 11) is 0. The highest BCUT2D eigenvalue weighted by molar-refractivity contribution is 5.97. The Morgan fingerprint density at radius 3 is 2.96 bits per heavy atom. The van der Waals surface area contributed by atoms with Crippen LogP contribution in [0.3, 0.4) is 0 Å².